The fraction of sp³-hybridized carbons (Fsp3) is 0. The summed E-state index contributed by atoms with van der Waals surface area (Å²) < 4.78 is 28.3. The third-order valence-electron chi connectivity index (χ3n) is 0.628. The summed E-state index contributed by atoms with van der Waals surface area (Å²) in [6.45, 7) is 0. The standard InChI is InChI=1S/C2H4N4O3S/c7-10(8,9)5-6-2-3-1-4-6/h1-2,5H,(H,7,8,9). The Morgan fingerprint density at radius 2 is 2.30 bits per heavy atom. The van der Waals surface area contributed by atoms with Crippen molar-refractivity contribution in [2.45, 2.75) is 0 Å². The molecule has 0 fully saturated rings. The lowest BCUT2D eigenvalue weighted by Gasteiger charge is -1.97. The zero-order valence-corrected chi connectivity index (χ0v) is 5.48. The van der Waals surface area contributed by atoms with Crippen LogP contribution >= 0.6 is 0 Å². The molecule has 2 N–H and O–H groups in total. The summed E-state index contributed by atoms with van der Waals surface area (Å²) in [5, 5.41) is 3.36. The Labute approximate surface area is 56.5 Å². The van der Waals surface area contributed by atoms with Gasteiger partial charge in [-0.1, -0.05) is 0 Å². The van der Waals surface area contributed by atoms with Crippen LogP contribution < -0.4 is 4.83 Å². The molecule has 7 nitrogen and oxygen atoms in total. The maximum atomic E-state index is 10.1. The van der Waals surface area contributed by atoms with Crippen molar-refractivity contribution in [2.24, 2.45) is 0 Å². The molecule has 0 aliphatic rings. The Bertz CT molecular complexity index is 288. The van der Waals surface area contributed by atoms with Crippen LogP contribution in [-0.2, 0) is 10.3 Å². The van der Waals surface area contributed by atoms with Gasteiger partial charge in [0.25, 0.3) is 0 Å². The number of nitrogens with zero attached hydrogens (tertiary/aromatic N) is 3. The van der Waals surface area contributed by atoms with Gasteiger partial charge >= 0.3 is 10.3 Å². The summed E-state index contributed by atoms with van der Waals surface area (Å²) in [6, 6.07) is 0. The van der Waals surface area contributed by atoms with Gasteiger partial charge in [-0.3, -0.25) is 4.55 Å². The maximum absolute atomic E-state index is 10.1. The summed E-state index contributed by atoms with van der Waals surface area (Å²) >= 11 is 0. The van der Waals surface area contributed by atoms with Gasteiger partial charge in [-0.05, 0) is 0 Å². The highest BCUT2D eigenvalue weighted by molar-refractivity contribution is 7.86. The number of rotatable bonds is 2. The zero-order valence-electron chi connectivity index (χ0n) is 4.67. The van der Waals surface area contributed by atoms with Gasteiger partial charge in [-0.2, -0.15) is 18.0 Å². The highest BCUT2D eigenvalue weighted by Gasteiger charge is 2.01. The lowest BCUT2D eigenvalue weighted by molar-refractivity contribution is 0.481. The first-order valence-corrected chi connectivity index (χ1v) is 3.62. The van der Waals surface area contributed by atoms with Crippen molar-refractivity contribution in [1.82, 2.24) is 14.9 Å². The molecule has 0 bridgehead atoms. The van der Waals surface area contributed by atoms with Crippen LogP contribution in [0, 0.1) is 0 Å². The molecule has 8 heteroatoms. The van der Waals surface area contributed by atoms with Crippen molar-refractivity contribution < 1.29 is 13.0 Å². The minimum atomic E-state index is -4.24. The molecule has 1 aromatic rings. The molecule has 0 aromatic carbocycles. The number of aromatic nitrogens is 3. The molecule has 1 aromatic heterocycles. The van der Waals surface area contributed by atoms with Gasteiger partial charge in [0.2, 0.25) is 0 Å². The topological polar surface area (TPSA) is 97.1 Å². The van der Waals surface area contributed by atoms with Crippen LogP contribution in [0.2, 0.25) is 0 Å². The molecule has 0 aliphatic carbocycles. The first kappa shape index (κ1) is 6.96. The van der Waals surface area contributed by atoms with E-state index in [0.29, 0.717) is 0 Å². The van der Waals surface area contributed by atoms with E-state index >= 15 is 0 Å². The molecule has 0 atom stereocenters. The van der Waals surface area contributed by atoms with Gasteiger partial charge in [0, 0.05) is 0 Å². The monoisotopic (exact) mass is 164 g/mol. The number of hydrogen-bond donors (Lipinski definition) is 2. The molecular weight excluding hydrogens is 160 g/mol. The van der Waals surface area contributed by atoms with E-state index in [9.17, 15) is 8.42 Å². The molecule has 0 radical (unpaired) electrons. The van der Waals surface area contributed by atoms with Crippen LogP contribution in [-0.4, -0.2) is 27.8 Å². The average molecular weight is 164 g/mol. The Morgan fingerprint density at radius 3 is 2.70 bits per heavy atom. The summed E-state index contributed by atoms with van der Waals surface area (Å²) in [5.74, 6) is 0. The van der Waals surface area contributed by atoms with Gasteiger partial charge < -0.3 is 0 Å². The van der Waals surface area contributed by atoms with Crippen LogP contribution in [0.3, 0.4) is 0 Å². The SMILES string of the molecule is O=S(=O)(O)Nn1cncn1. The lowest BCUT2D eigenvalue weighted by atomic mass is 11.3. The molecule has 0 unspecified atom stereocenters. The maximum Gasteiger partial charge on any atom is 0.372 e. The second-order valence-electron chi connectivity index (χ2n) is 1.41. The minimum Gasteiger partial charge on any atom is -0.268 e. The molecule has 10 heavy (non-hydrogen) atoms. The van der Waals surface area contributed by atoms with E-state index in [2.05, 4.69) is 10.1 Å². The molecule has 0 amide bonds. The van der Waals surface area contributed by atoms with E-state index in [1.807, 2.05) is 0 Å². The van der Waals surface area contributed by atoms with E-state index in [1.54, 1.807) is 4.83 Å². The fourth-order valence-corrected chi connectivity index (χ4v) is 0.704. The van der Waals surface area contributed by atoms with Gasteiger partial charge in [-0.25, -0.2) is 4.98 Å². The van der Waals surface area contributed by atoms with E-state index in [1.165, 1.54) is 0 Å². The summed E-state index contributed by atoms with van der Waals surface area (Å²) in [5.41, 5.74) is 0. The Morgan fingerprint density at radius 1 is 1.60 bits per heavy atom. The first-order valence-electron chi connectivity index (χ1n) is 2.18. The van der Waals surface area contributed by atoms with E-state index < -0.39 is 10.3 Å². The second kappa shape index (κ2) is 2.23. The Kier molecular flexibility index (Phi) is 1.55. The van der Waals surface area contributed by atoms with Crippen LogP contribution in [0.4, 0.5) is 0 Å². The average Bonchev–Trinajstić information content (AvgIpc) is 2.12. The van der Waals surface area contributed by atoms with Crippen molar-refractivity contribution in [3.05, 3.63) is 12.7 Å². The van der Waals surface area contributed by atoms with Crippen molar-refractivity contribution >= 4 is 10.3 Å². The Hall–Kier alpha value is -1.15. The fourth-order valence-electron chi connectivity index (χ4n) is 0.374. The van der Waals surface area contributed by atoms with Crippen molar-refractivity contribution in [1.29, 1.82) is 0 Å². The number of nitrogens with one attached hydrogen (secondary N) is 1. The zero-order chi connectivity index (χ0) is 7.61. The van der Waals surface area contributed by atoms with Crippen molar-refractivity contribution in [3.63, 3.8) is 0 Å². The van der Waals surface area contributed by atoms with Crippen molar-refractivity contribution in [2.75, 3.05) is 4.83 Å². The number of hydrogen-bond acceptors (Lipinski definition) is 4. The molecule has 0 aliphatic heterocycles. The predicted octanol–water partition coefficient (Wildman–Crippen LogP) is -1.38. The predicted molar refractivity (Wildman–Crippen MR) is 30.9 cm³/mol. The molecule has 1 rings (SSSR count). The summed E-state index contributed by atoms with van der Waals surface area (Å²) in [7, 11) is -4.24. The molecule has 0 saturated heterocycles. The second-order valence-corrected chi connectivity index (χ2v) is 2.54. The largest absolute Gasteiger partial charge is 0.372 e. The van der Waals surface area contributed by atoms with Gasteiger partial charge in [0.1, 0.15) is 12.7 Å². The van der Waals surface area contributed by atoms with Crippen LogP contribution in [0.1, 0.15) is 0 Å². The molecular formula is C2H4N4O3S. The third-order valence-corrected chi connectivity index (χ3v) is 1.05. The highest BCUT2D eigenvalue weighted by atomic mass is 32.2. The van der Waals surface area contributed by atoms with E-state index in [0.717, 1.165) is 17.4 Å². The quantitative estimate of drug-likeness (QED) is 0.525. The lowest BCUT2D eigenvalue weighted by Crippen LogP contribution is -2.22. The normalized spacial score (nSPS) is 11.3. The smallest absolute Gasteiger partial charge is 0.268 e. The van der Waals surface area contributed by atoms with E-state index in [4.69, 9.17) is 4.55 Å². The molecule has 56 valence electrons. The molecule has 1 heterocycles. The minimum absolute atomic E-state index is 0.759. The molecule has 0 saturated carbocycles. The third kappa shape index (κ3) is 1.99. The van der Waals surface area contributed by atoms with E-state index in [-0.39, 0.29) is 0 Å². The Balaban J connectivity index is 2.75. The van der Waals surface area contributed by atoms with Gasteiger partial charge in [-0.15, -0.1) is 5.10 Å². The van der Waals surface area contributed by atoms with Gasteiger partial charge in [0.15, 0.2) is 0 Å². The molecule has 0 spiro atoms. The van der Waals surface area contributed by atoms with Crippen LogP contribution in [0.5, 0.6) is 0 Å². The van der Waals surface area contributed by atoms with Crippen LogP contribution in [0.15, 0.2) is 12.7 Å². The van der Waals surface area contributed by atoms with Crippen LogP contribution in [0.25, 0.3) is 0 Å². The van der Waals surface area contributed by atoms with Crippen molar-refractivity contribution in [3.8, 4) is 0 Å². The first-order chi connectivity index (χ1) is 4.58. The van der Waals surface area contributed by atoms with Gasteiger partial charge in [0.05, 0.1) is 0 Å². The summed E-state index contributed by atoms with van der Waals surface area (Å²) in [4.78, 5) is 5.81. The summed E-state index contributed by atoms with van der Waals surface area (Å²) in [6.07, 6.45) is 2.21. The highest BCUT2D eigenvalue weighted by Crippen LogP contribution is 1.77.